The zero-order chi connectivity index (χ0) is 30.3. The van der Waals surface area contributed by atoms with Crippen LogP contribution in [0.15, 0.2) is 6.58 Å². The van der Waals surface area contributed by atoms with Gasteiger partial charge in [-0.1, -0.05) is 82.8 Å². The molecular formula is C34H34FeN4O4. The first-order valence-corrected chi connectivity index (χ1v) is 14.1. The molecule has 9 heteroatoms. The normalized spacial score (nSPS) is 15.1. The number of hydrogen-bond acceptors (Lipinski definition) is 2. The van der Waals surface area contributed by atoms with E-state index in [-0.39, 0.29) is 29.9 Å². The molecule has 0 radical (unpaired) electrons. The maximum absolute atomic E-state index is 11.5. The Balaban J connectivity index is 0.00000423. The Kier molecular flexibility index (Phi) is 9.28. The first-order chi connectivity index (χ1) is 20.0. The van der Waals surface area contributed by atoms with Crippen LogP contribution in [-0.4, -0.2) is 22.2 Å². The molecular weight excluding hydrogens is 584 g/mol. The van der Waals surface area contributed by atoms with Crippen LogP contribution in [0.3, 0.4) is 0 Å². The van der Waals surface area contributed by atoms with E-state index in [9.17, 15) is 19.8 Å². The summed E-state index contributed by atoms with van der Waals surface area (Å²) in [6, 6.07) is 0. The fraction of sp³-hybridized carbons (Fsp3) is 0.294. The predicted octanol–water partition coefficient (Wildman–Crippen LogP) is 1.61. The summed E-state index contributed by atoms with van der Waals surface area (Å²) in [6.07, 6.45) is 10.9. The third-order valence-electron chi connectivity index (χ3n) is 8.30. The van der Waals surface area contributed by atoms with Crippen molar-refractivity contribution in [3.63, 3.8) is 0 Å². The SMILES string of the molecule is C=Cc1c2[n-]c(c1C)/C=c1\[n-]/c(c(C)c1CC)=C\c1[n-]c(c(CCC(=O)O)c1C)/C=c1\[n-]/c(c(C)c1CCC(=O)O)=C\2.[Fe+4]. The monoisotopic (exact) mass is 618 g/mol. The number of nitrogens with zero attached hydrogens (tertiary/aromatic N) is 4. The molecule has 8 nitrogen and oxygen atoms in total. The van der Waals surface area contributed by atoms with E-state index >= 15 is 0 Å². The number of carboxylic acids is 2. The molecule has 222 valence electrons. The molecule has 1 aliphatic rings. The van der Waals surface area contributed by atoms with Crippen LogP contribution in [0.1, 0.15) is 87.0 Å². The van der Waals surface area contributed by atoms with Crippen LogP contribution in [0.25, 0.3) is 30.4 Å². The van der Waals surface area contributed by atoms with Gasteiger partial charge in [0.25, 0.3) is 0 Å². The van der Waals surface area contributed by atoms with Gasteiger partial charge in [-0.15, -0.1) is 44.2 Å². The minimum atomic E-state index is -0.891. The van der Waals surface area contributed by atoms with Crippen molar-refractivity contribution >= 4 is 42.3 Å². The van der Waals surface area contributed by atoms with Crippen LogP contribution in [0.5, 0.6) is 0 Å². The van der Waals surface area contributed by atoms with Gasteiger partial charge in [-0.2, -0.15) is 0 Å². The molecule has 0 spiro atoms. The Morgan fingerprint density at radius 3 is 1.70 bits per heavy atom. The van der Waals surface area contributed by atoms with E-state index in [4.69, 9.17) is 19.9 Å². The average molecular weight is 619 g/mol. The molecule has 4 aromatic rings. The van der Waals surface area contributed by atoms with Crippen LogP contribution in [0.2, 0.25) is 0 Å². The molecule has 0 aromatic carbocycles. The van der Waals surface area contributed by atoms with Gasteiger partial charge in [0.1, 0.15) is 0 Å². The van der Waals surface area contributed by atoms with Crippen LogP contribution in [0, 0.1) is 27.7 Å². The van der Waals surface area contributed by atoms with Gasteiger partial charge < -0.3 is 30.1 Å². The van der Waals surface area contributed by atoms with Crippen LogP contribution in [-0.2, 0) is 45.9 Å². The Bertz CT molecular complexity index is 2000. The van der Waals surface area contributed by atoms with E-state index in [1.54, 1.807) is 6.08 Å². The summed E-state index contributed by atoms with van der Waals surface area (Å²) in [5.41, 5.74) is 10.5. The number of aromatic nitrogens is 4. The number of fused-ring (bicyclic) bond motifs is 8. The zero-order valence-electron chi connectivity index (χ0n) is 25.0. The smallest absolute Gasteiger partial charge is 0.657 e. The van der Waals surface area contributed by atoms with Gasteiger partial charge in [-0.25, -0.2) is 0 Å². The van der Waals surface area contributed by atoms with E-state index in [1.165, 1.54) is 0 Å². The van der Waals surface area contributed by atoms with Crippen molar-refractivity contribution in [1.29, 1.82) is 0 Å². The molecule has 0 atom stereocenters. The molecule has 0 saturated heterocycles. The Labute approximate surface area is 260 Å². The van der Waals surface area contributed by atoms with Crippen LogP contribution in [0.4, 0.5) is 0 Å². The van der Waals surface area contributed by atoms with E-state index in [2.05, 4.69) is 20.4 Å². The van der Waals surface area contributed by atoms with Gasteiger partial charge in [0.15, 0.2) is 0 Å². The van der Waals surface area contributed by atoms with E-state index < -0.39 is 11.9 Å². The molecule has 0 unspecified atom stereocenters. The maximum Gasteiger partial charge on any atom is 4.00 e. The minimum Gasteiger partial charge on any atom is -0.657 e. The number of carbonyl (C=O) groups is 2. The second-order valence-corrected chi connectivity index (χ2v) is 10.8. The minimum absolute atomic E-state index is 0. The summed E-state index contributed by atoms with van der Waals surface area (Å²) >= 11 is 0. The molecule has 4 aromatic heterocycles. The van der Waals surface area contributed by atoms with Crippen molar-refractivity contribution in [2.75, 3.05) is 0 Å². The molecule has 0 saturated carbocycles. The van der Waals surface area contributed by atoms with E-state index in [0.29, 0.717) is 29.2 Å². The predicted molar refractivity (Wildman–Crippen MR) is 162 cm³/mol. The first-order valence-electron chi connectivity index (χ1n) is 14.1. The average Bonchev–Trinajstić information content (AvgIpc) is 3.59. The number of carboxylic acid groups (broad SMARTS) is 2. The zero-order valence-corrected chi connectivity index (χ0v) is 26.1. The van der Waals surface area contributed by atoms with Crippen molar-refractivity contribution < 1.29 is 36.9 Å². The Hall–Kier alpha value is -4.20. The summed E-state index contributed by atoms with van der Waals surface area (Å²) in [5.74, 6) is -1.78. The van der Waals surface area contributed by atoms with Gasteiger partial charge in [-0.05, 0) is 52.5 Å². The van der Waals surface area contributed by atoms with Gasteiger partial charge in [0, 0.05) is 12.8 Å². The molecule has 2 N–H and O–H groups in total. The van der Waals surface area contributed by atoms with Gasteiger partial charge in [0.05, 0.1) is 0 Å². The van der Waals surface area contributed by atoms with E-state index in [1.807, 2.05) is 45.1 Å². The summed E-state index contributed by atoms with van der Waals surface area (Å²) in [6.45, 7) is 14.1. The standard InChI is InChI=1S/C34H34N4O4.Fe/c1-7-21-17(3)25-13-26-19(5)23(9-11-33(39)40)31(37-26)16-32-24(10-12-34(41)42)20(6)28(38-32)15-30-22(8-2)18(4)27(36-30)14-29(21)35-25;/h8,13-16H,2,7,9-12H2,1,3-6H3,(H,39,40)(H,41,42);/q-4;+4/b25-13-,26-13?,27-14?,28-15-,29-14-,30-15?,31-16?,32-16-;. The molecule has 5 rings (SSSR count). The van der Waals surface area contributed by atoms with Crippen LogP contribution < -0.4 is 41.3 Å². The quantitative estimate of drug-likeness (QED) is 0.251. The molecule has 0 aliphatic carbocycles. The third-order valence-corrected chi connectivity index (χ3v) is 8.30. The Morgan fingerprint density at radius 2 is 1.12 bits per heavy atom. The molecule has 5 heterocycles. The molecule has 43 heavy (non-hydrogen) atoms. The van der Waals surface area contributed by atoms with E-state index in [0.717, 1.165) is 78.7 Å². The van der Waals surface area contributed by atoms with Crippen molar-refractivity contribution in [2.45, 2.75) is 66.7 Å². The van der Waals surface area contributed by atoms with Crippen LogP contribution >= 0.6 is 0 Å². The number of rotatable bonds is 8. The van der Waals surface area contributed by atoms with Gasteiger partial charge in [0.2, 0.25) is 0 Å². The second kappa shape index (κ2) is 12.6. The fourth-order valence-electron chi connectivity index (χ4n) is 5.83. The van der Waals surface area contributed by atoms with Crippen molar-refractivity contribution in [2.24, 2.45) is 0 Å². The first kappa shape index (κ1) is 31.7. The van der Waals surface area contributed by atoms with Crippen molar-refractivity contribution in [3.05, 3.63) is 95.3 Å². The van der Waals surface area contributed by atoms with Gasteiger partial charge in [-0.3, -0.25) is 9.59 Å². The Morgan fingerprint density at radius 1 is 0.651 bits per heavy atom. The van der Waals surface area contributed by atoms with Crippen molar-refractivity contribution in [1.82, 2.24) is 19.9 Å². The summed E-state index contributed by atoms with van der Waals surface area (Å²) in [5, 5.41) is 21.9. The van der Waals surface area contributed by atoms with Crippen molar-refractivity contribution in [3.8, 4) is 0 Å². The maximum atomic E-state index is 11.5. The molecule has 1 aliphatic heterocycles. The molecule has 8 bridgehead atoms. The third kappa shape index (κ3) is 6.01. The second-order valence-electron chi connectivity index (χ2n) is 10.8. The molecule has 0 fully saturated rings. The number of hydrogen-bond donors (Lipinski definition) is 2. The summed E-state index contributed by atoms with van der Waals surface area (Å²) in [7, 11) is 0. The topological polar surface area (TPSA) is 131 Å². The summed E-state index contributed by atoms with van der Waals surface area (Å²) in [4.78, 5) is 42.9. The largest absolute Gasteiger partial charge is 4.00 e. The summed E-state index contributed by atoms with van der Waals surface area (Å²) < 4.78 is 0. The van der Waals surface area contributed by atoms with Gasteiger partial charge >= 0.3 is 29.0 Å². The fourth-order valence-corrected chi connectivity index (χ4v) is 5.83. The number of aliphatic carboxylic acids is 2. The molecule has 0 amide bonds.